The molecule has 1 atom stereocenters. The zero-order valence-corrected chi connectivity index (χ0v) is 11.8. The summed E-state index contributed by atoms with van der Waals surface area (Å²) in [5.41, 5.74) is 2.16. The van der Waals surface area contributed by atoms with Crippen molar-refractivity contribution in [2.45, 2.75) is 33.2 Å². The second-order valence-electron chi connectivity index (χ2n) is 6.02. The van der Waals surface area contributed by atoms with E-state index < -0.39 is 0 Å². The minimum absolute atomic E-state index is 0.0323. The summed E-state index contributed by atoms with van der Waals surface area (Å²) in [6.45, 7) is 8.56. The molecule has 1 unspecified atom stereocenters. The Morgan fingerprint density at radius 3 is 2.67 bits per heavy atom. The number of hydrogen-bond acceptors (Lipinski definition) is 2. The van der Waals surface area contributed by atoms with E-state index in [1.165, 1.54) is 0 Å². The first-order chi connectivity index (χ1) is 8.44. The molecule has 0 amide bonds. The SMILES string of the molecule is CNC(C)c1c(F)cccc1N1CCC(C)(C)C1. The highest BCUT2D eigenvalue weighted by atomic mass is 19.1. The minimum Gasteiger partial charge on any atom is -0.371 e. The number of nitrogens with zero attached hydrogens (tertiary/aromatic N) is 1. The van der Waals surface area contributed by atoms with Crippen LogP contribution in [0.1, 0.15) is 38.8 Å². The van der Waals surface area contributed by atoms with Gasteiger partial charge in [-0.1, -0.05) is 19.9 Å². The molecule has 0 aliphatic carbocycles. The first-order valence-electron chi connectivity index (χ1n) is 6.65. The van der Waals surface area contributed by atoms with E-state index in [1.54, 1.807) is 6.07 Å². The van der Waals surface area contributed by atoms with Crippen LogP contribution in [0.15, 0.2) is 18.2 Å². The van der Waals surface area contributed by atoms with E-state index in [0.29, 0.717) is 5.41 Å². The summed E-state index contributed by atoms with van der Waals surface area (Å²) in [7, 11) is 1.87. The second-order valence-corrected chi connectivity index (χ2v) is 6.02. The first-order valence-corrected chi connectivity index (χ1v) is 6.65. The van der Waals surface area contributed by atoms with E-state index in [2.05, 4.69) is 24.1 Å². The van der Waals surface area contributed by atoms with Crippen LogP contribution in [0.3, 0.4) is 0 Å². The average Bonchev–Trinajstić information content (AvgIpc) is 2.68. The molecular formula is C15H23FN2. The lowest BCUT2D eigenvalue weighted by molar-refractivity contribution is 0.418. The van der Waals surface area contributed by atoms with Crippen LogP contribution in [0.5, 0.6) is 0 Å². The normalized spacial score (nSPS) is 20.2. The maximum Gasteiger partial charge on any atom is 0.130 e. The van der Waals surface area contributed by atoms with Gasteiger partial charge in [-0.25, -0.2) is 4.39 Å². The highest BCUT2D eigenvalue weighted by molar-refractivity contribution is 5.56. The number of nitrogens with one attached hydrogen (secondary N) is 1. The fraction of sp³-hybridized carbons (Fsp3) is 0.600. The van der Waals surface area contributed by atoms with Gasteiger partial charge < -0.3 is 10.2 Å². The fourth-order valence-electron chi connectivity index (χ4n) is 2.69. The molecule has 0 bridgehead atoms. The van der Waals surface area contributed by atoms with Crippen molar-refractivity contribution >= 4 is 5.69 Å². The van der Waals surface area contributed by atoms with E-state index in [-0.39, 0.29) is 11.9 Å². The van der Waals surface area contributed by atoms with Gasteiger partial charge in [-0.15, -0.1) is 0 Å². The fourth-order valence-corrected chi connectivity index (χ4v) is 2.69. The summed E-state index contributed by atoms with van der Waals surface area (Å²) < 4.78 is 14.1. The molecule has 0 aromatic heterocycles. The number of rotatable bonds is 3. The van der Waals surface area contributed by atoms with Crippen LogP contribution in [-0.2, 0) is 0 Å². The molecule has 1 aromatic carbocycles. The van der Waals surface area contributed by atoms with Crippen molar-refractivity contribution < 1.29 is 4.39 Å². The molecule has 1 fully saturated rings. The van der Waals surface area contributed by atoms with Gasteiger partial charge in [0.05, 0.1) is 0 Å². The maximum atomic E-state index is 14.1. The zero-order valence-electron chi connectivity index (χ0n) is 11.8. The van der Waals surface area contributed by atoms with E-state index in [0.717, 1.165) is 30.8 Å². The number of benzene rings is 1. The molecule has 1 saturated heterocycles. The Hall–Kier alpha value is -1.09. The molecule has 1 aliphatic rings. The van der Waals surface area contributed by atoms with Gasteiger partial charge in [-0.05, 0) is 37.9 Å². The minimum atomic E-state index is -0.112. The Morgan fingerprint density at radius 1 is 1.39 bits per heavy atom. The van der Waals surface area contributed by atoms with Crippen molar-refractivity contribution in [3.05, 3.63) is 29.6 Å². The molecule has 2 nitrogen and oxygen atoms in total. The summed E-state index contributed by atoms with van der Waals surface area (Å²) in [5.74, 6) is -0.112. The van der Waals surface area contributed by atoms with Crippen LogP contribution in [0.4, 0.5) is 10.1 Å². The Morgan fingerprint density at radius 2 is 2.11 bits per heavy atom. The zero-order chi connectivity index (χ0) is 13.3. The number of anilines is 1. The first kappa shape index (κ1) is 13.3. The predicted octanol–water partition coefficient (Wildman–Crippen LogP) is 3.34. The quantitative estimate of drug-likeness (QED) is 0.885. The Labute approximate surface area is 109 Å². The average molecular weight is 250 g/mol. The van der Waals surface area contributed by atoms with Gasteiger partial charge in [0.1, 0.15) is 5.82 Å². The van der Waals surface area contributed by atoms with Gasteiger partial charge in [0.15, 0.2) is 0 Å². The van der Waals surface area contributed by atoms with Crippen LogP contribution in [0.2, 0.25) is 0 Å². The van der Waals surface area contributed by atoms with Gasteiger partial charge in [0.2, 0.25) is 0 Å². The third kappa shape index (κ3) is 2.51. The maximum absolute atomic E-state index is 14.1. The predicted molar refractivity (Wildman–Crippen MR) is 74.5 cm³/mol. The molecular weight excluding hydrogens is 227 g/mol. The Balaban J connectivity index is 2.36. The van der Waals surface area contributed by atoms with Crippen LogP contribution in [-0.4, -0.2) is 20.1 Å². The van der Waals surface area contributed by atoms with Gasteiger partial charge >= 0.3 is 0 Å². The molecule has 18 heavy (non-hydrogen) atoms. The topological polar surface area (TPSA) is 15.3 Å². The number of hydrogen-bond donors (Lipinski definition) is 1. The molecule has 0 saturated carbocycles. The van der Waals surface area contributed by atoms with Crippen molar-refractivity contribution in [1.82, 2.24) is 5.32 Å². The molecule has 0 radical (unpaired) electrons. The molecule has 2 rings (SSSR count). The molecule has 1 aliphatic heterocycles. The third-order valence-electron chi connectivity index (χ3n) is 3.91. The molecule has 1 heterocycles. The highest BCUT2D eigenvalue weighted by Crippen LogP contribution is 2.36. The summed E-state index contributed by atoms with van der Waals surface area (Å²) in [5, 5.41) is 3.14. The highest BCUT2D eigenvalue weighted by Gasteiger charge is 2.31. The smallest absolute Gasteiger partial charge is 0.130 e. The van der Waals surface area contributed by atoms with Crippen molar-refractivity contribution in [1.29, 1.82) is 0 Å². The van der Waals surface area contributed by atoms with E-state index >= 15 is 0 Å². The molecule has 100 valence electrons. The van der Waals surface area contributed by atoms with Crippen LogP contribution in [0.25, 0.3) is 0 Å². The van der Waals surface area contributed by atoms with Crippen molar-refractivity contribution in [2.24, 2.45) is 5.41 Å². The van der Waals surface area contributed by atoms with Gasteiger partial charge in [-0.2, -0.15) is 0 Å². The van der Waals surface area contributed by atoms with Gasteiger partial charge in [0, 0.05) is 30.4 Å². The second kappa shape index (κ2) is 4.88. The van der Waals surface area contributed by atoms with E-state index in [9.17, 15) is 4.39 Å². The van der Waals surface area contributed by atoms with Crippen molar-refractivity contribution in [2.75, 3.05) is 25.0 Å². The molecule has 1 aromatic rings. The lowest BCUT2D eigenvalue weighted by Gasteiger charge is -2.26. The van der Waals surface area contributed by atoms with Crippen LogP contribution >= 0.6 is 0 Å². The van der Waals surface area contributed by atoms with E-state index in [4.69, 9.17) is 0 Å². The summed E-state index contributed by atoms with van der Waals surface area (Å²) in [6.07, 6.45) is 1.16. The monoisotopic (exact) mass is 250 g/mol. The van der Waals surface area contributed by atoms with Crippen molar-refractivity contribution in [3.63, 3.8) is 0 Å². The van der Waals surface area contributed by atoms with Gasteiger partial charge in [-0.3, -0.25) is 0 Å². The largest absolute Gasteiger partial charge is 0.371 e. The number of halogens is 1. The Kier molecular flexibility index (Phi) is 3.62. The molecule has 0 spiro atoms. The van der Waals surface area contributed by atoms with Crippen molar-refractivity contribution in [3.8, 4) is 0 Å². The standard InChI is InChI=1S/C15H23FN2/c1-11(17-4)14-12(16)6-5-7-13(14)18-9-8-15(2,3)10-18/h5-7,11,17H,8-10H2,1-4H3. The molecule has 1 N–H and O–H groups in total. The van der Waals surface area contributed by atoms with Crippen LogP contribution < -0.4 is 10.2 Å². The summed E-state index contributed by atoms with van der Waals surface area (Å²) in [4.78, 5) is 2.31. The summed E-state index contributed by atoms with van der Waals surface area (Å²) >= 11 is 0. The van der Waals surface area contributed by atoms with Gasteiger partial charge in [0.25, 0.3) is 0 Å². The lowest BCUT2D eigenvalue weighted by Crippen LogP contribution is -2.26. The van der Waals surface area contributed by atoms with Crippen LogP contribution in [0, 0.1) is 11.2 Å². The third-order valence-corrected chi connectivity index (χ3v) is 3.91. The molecule has 3 heteroatoms. The van der Waals surface area contributed by atoms with E-state index in [1.807, 2.05) is 26.1 Å². The summed E-state index contributed by atoms with van der Waals surface area (Å²) in [6, 6.07) is 5.42. The lowest BCUT2D eigenvalue weighted by atomic mass is 9.93. The Bertz CT molecular complexity index is 429.